The smallest absolute Gasteiger partial charge is 0.276 e. The van der Waals surface area contributed by atoms with Gasteiger partial charge < -0.3 is 10.2 Å². The quantitative estimate of drug-likeness (QED) is 0.548. The zero-order valence-electron chi connectivity index (χ0n) is 13.4. The molecule has 0 saturated carbocycles. The average molecular weight is 360 g/mol. The van der Waals surface area contributed by atoms with Crippen molar-refractivity contribution in [3.05, 3.63) is 57.2 Å². The fourth-order valence-corrected chi connectivity index (χ4v) is 2.88. The molecular formula is C16H14ClN5O3. The molecule has 25 heavy (non-hydrogen) atoms. The Kier molecular flexibility index (Phi) is 4.28. The van der Waals surface area contributed by atoms with Crippen LogP contribution in [0, 0.1) is 10.1 Å². The normalized spacial score (nSPS) is 10.7. The molecule has 3 aromatic rings. The average Bonchev–Trinajstić information content (AvgIpc) is 2.97. The summed E-state index contributed by atoms with van der Waals surface area (Å²) < 4.78 is 0. The lowest BCUT2D eigenvalue weighted by molar-refractivity contribution is -0.384. The molecule has 0 aliphatic heterocycles. The number of non-ortho nitro benzene ring substituents is 1. The number of nitro benzene ring substituents is 1. The number of aromatic amines is 1. The van der Waals surface area contributed by atoms with Gasteiger partial charge >= 0.3 is 0 Å². The minimum absolute atomic E-state index is 0.0726. The maximum Gasteiger partial charge on any atom is 0.276 e. The second-order valence-corrected chi connectivity index (χ2v) is 5.95. The van der Waals surface area contributed by atoms with Gasteiger partial charge in [-0.05, 0) is 18.2 Å². The number of hydrogen-bond acceptors (Lipinski definition) is 5. The molecule has 0 spiro atoms. The van der Waals surface area contributed by atoms with E-state index in [2.05, 4.69) is 15.5 Å². The number of para-hydroxylation sites is 1. The summed E-state index contributed by atoms with van der Waals surface area (Å²) in [5.74, 6) is -0.489. The minimum atomic E-state index is -0.519. The standard InChI is InChI=1S/C16H14ClN5O3/c1-21(2)15-11(17)4-3-5-13(15)18-16(23)14-10-8-9(22(24)25)6-7-12(10)19-20-14/h3-8H,1-2H3,(H,18,23)(H,19,20). The second kappa shape index (κ2) is 6.40. The van der Waals surface area contributed by atoms with Crippen LogP contribution in [0.4, 0.5) is 17.1 Å². The molecule has 0 atom stereocenters. The van der Waals surface area contributed by atoms with Crippen LogP contribution in [-0.4, -0.2) is 35.1 Å². The van der Waals surface area contributed by atoms with E-state index < -0.39 is 10.8 Å². The fourth-order valence-electron chi connectivity index (χ4n) is 2.54. The van der Waals surface area contributed by atoms with E-state index in [1.807, 2.05) is 14.1 Å². The van der Waals surface area contributed by atoms with E-state index in [9.17, 15) is 14.9 Å². The number of nitro groups is 1. The van der Waals surface area contributed by atoms with Crippen molar-refractivity contribution in [1.29, 1.82) is 0 Å². The molecule has 128 valence electrons. The number of rotatable bonds is 4. The van der Waals surface area contributed by atoms with E-state index >= 15 is 0 Å². The van der Waals surface area contributed by atoms with Gasteiger partial charge in [0.15, 0.2) is 5.69 Å². The molecule has 0 radical (unpaired) electrons. The number of nitrogens with one attached hydrogen (secondary N) is 2. The zero-order valence-corrected chi connectivity index (χ0v) is 14.2. The van der Waals surface area contributed by atoms with Crippen molar-refractivity contribution in [1.82, 2.24) is 10.2 Å². The van der Waals surface area contributed by atoms with Gasteiger partial charge in [0.2, 0.25) is 0 Å². The molecule has 0 bridgehead atoms. The third-order valence-corrected chi connectivity index (χ3v) is 3.96. The van der Waals surface area contributed by atoms with Gasteiger partial charge in [-0.3, -0.25) is 20.0 Å². The lowest BCUT2D eigenvalue weighted by Crippen LogP contribution is -2.17. The number of aromatic nitrogens is 2. The predicted molar refractivity (Wildman–Crippen MR) is 96.5 cm³/mol. The molecule has 0 aliphatic carbocycles. The third-order valence-electron chi connectivity index (χ3n) is 3.65. The molecule has 9 heteroatoms. The van der Waals surface area contributed by atoms with Gasteiger partial charge in [-0.15, -0.1) is 0 Å². The highest BCUT2D eigenvalue weighted by molar-refractivity contribution is 6.34. The number of carbonyl (C=O) groups excluding carboxylic acids is 1. The first kappa shape index (κ1) is 16.7. The van der Waals surface area contributed by atoms with Gasteiger partial charge in [0, 0.05) is 31.6 Å². The van der Waals surface area contributed by atoms with E-state index in [4.69, 9.17) is 11.6 Å². The van der Waals surface area contributed by atoms with Crippen LogP contribution in [0.25, 0.3) is 10.9 Å². The number of fused-ring (bicyclic) bond motifs is 1. The molecule has 3 rings (SSSR count). The number of carbonyl (C=O) groups is 1. The van der Waals surface area contributed by atoms with Crippen LogP contribution >= 0.6 is 11.6 Å². The van der Waals surface area contributed by atoms with Crippen LogP contribution in [0.2, 0.25) is 5.02 Å². The van der Waals surface area contributed by atoms with Crippen molar-refractivity contribution in [3.8, 4) is 0 Å². The van der Waals surface area contributed by atoms with Crippen LogP contribution in [0.3, 0.4) is 0 Å². The number of nitrogens with zero attached hydrogens (tertiary/aromatic N) is 3. The van der Waals surface area contributed by atoms with E-state index in [0.717, 1.165) is 0 Å². The second-order valence-electron chi connectivity index (χ2n) is 5.54. The monoisotopic (exact) mass is 359 g/mol. The molecule has 2 N–H and O–H groups in total. The highest BCUT2D eigenvalue weighted by atomic mass is 35.5. The number of anilines is 2. The molecule has 8 nitrogen and oxygen atoms in total. The van der Waals surface area contributed by atoms with Gasteiger partial charge in [-0.2, -0.15) is 5.10 Å². The van der Waals surface area contributed by atoms with E-state index in [-0.39, 0.29) is 11.4 Å². The lowest BCUT2D eigenvalue weighted by atomic mass is 10.1. The van der Waals surface area contributed by atoms with Crippen molar-refractivity contribution >= 4 is 45.5 Å². The van der Waals surface area contributed by atoms with E-state index in [1.165, 1.54) is 18.2 Å². The van der Waals surface area contributed by atoms with E-state index in [1.54, 1.807) is 23.1 Å². The van der Waals surface area contributed by atoms with Crippen molar-refractivity contribution < 1.29 is 9.72 Å². The van der Waals surface area contributed by atoms with Gasteiger partial charge in [0.1, 0.15) is 0 Å². The van der Waals surface area contributed by atoms with Crippen molar-refractivity contribution in [2.24, 2.45) is 0 Å². The Morgan fingerprint density at radius 3 is 2.76 bits per heavy atom. The summed E-state index contributed by atoms with van der Waals surface area (Å²) in [6.45, 7) is 0. The Balaban J connectivity index is 2.00. The Hall–Kier alpha value is -3.13. The maximum absolute atomic E-state index is 12.6. The van der Waals surface area contributed by atoms with Crippen molar-refractivity contribution in [3.63, 3.8) is 0 Å². The molecule has 1 aromatic heterocycles. The number of benzene rings is 2. The summed E-state index contributed by atoms with van der Waals surface area (Å²) in [7, 11) is 3.62. The number of halogens is 1. The largest absolute Gasteiger partial charge is 0.375 e. The topological polar surface area (TPSA) is 104 Å². The van der Waals surface area contributed by atoms with Crippen molar-refractivity contribution in [2.45, 2.75) is 0 Å². The predicted octanol–water partition coefficient (Wildman–Crippen LogP) is 3.44. The lowest BCUT2D eigenvalue weighted by Gasteiger charge is -2.19. The number of hydrogen-bond donors (Lipinski definition) is 2. The molecule has 1 amide bonds. The van der Waals surface area contributed by atoms with E-state index in [0.29, 0.717) is 27.3 Å². The van der Waals surface area contributed by atoms with Gasteiger partial charge in [-0.25, -0.2) is 0 Å². The molecule has 0 aliphatic rings. The van der Waals surface area contributed by atoms with Gasteiger partial charge in [-0.1, -0.05) is 17.7 Å². The van der Waals surface area contributed by atoms with Crippen LogP contribution < -0.4 is 10.2 Å². The summed E-state index contributed by atoms with van der Waals surface area (Å²) >= 11 is 6.19. The van der Waals surface area contributed by atoms with Crippen LogP contribution in [-0.2, 0) is 0 Å². The summed E-state index contributed by atoms with van der Waals surface area (Å²) in [5.41, 5.74) is 1.67. The first-order valence-corrected chi connectivity index (χ1v) is 7.66. The Labute approximate surface area is 147 Å². The molecule has 1 heterocycles. The van der Waals surface area contributed by atoms with Crippen LogP contribution in [0.15, 0.2) is 36.4 Å². The maximum atomic E-state index is 12.6. The third kappa shape index (κ3) is 3.11. The molecule has 0 fully saturated rings. The molecule has 2 aromatic carbocycles. The Morgan fingerprint density at radius 2 is 2.08 bits per heavy atom. The van der Waals surface area contributed by atoms with Gasteiger partial charge in [0.05, 0.1) is 26.8 Å². The molecule has 0 unspecified atom stereocenters. The summed E-state index contributed by atoms with van der Waals surface area (Å²) in [6, 6.07) is 9.35. The Bertz CT molecular complexity index is 983. The van der Waals surface area contributed by atoms with Gasteiger partial charge in [0.25, 0.3) is 11.6 Å². The summed E-state index contributed by atoms with van der Waals surface area (Å²) in [5, 5.41) is 21.3. The van der Waals surface area contributed by atoms with Crippen molar-refractivity contribution in [2.75, 3.05) is 24.3 Å². The van der Waals surface area contributed by atoms with Crippen LogP contribution in [0.5, 0.6) is 0 Å². The fraction of sp³-hybridized carbons (Fsp3) is 0.125. The zero-order chi connectivity index (χ0) is 18.1. The number of H-pyrrole nitrogens is 1. The summed E-state index contributed by atoms with van der Waals surface area (Å²) in [6.07, 6.45) is 0. The van der Waals surface area contributed by atoms with Crippen LogP contribution in [0.1, 0.15) is 10.5 Å². The minimum Gasteiger partial charge on any atom is -0.375 e. The molecule has 0 saturated heterocycles. The first-order chi connectivity index (χ1) is 11.9. The Morgan fingerprint density at radius 1 is 1.32 bits per heavy atom. The molecular weight excluding hydrogens is 346 g/mol. The SMILES string of the molecule is CN(C)c1c(Cl)cccc1NC(=O)c1n[nH]c2ccc([N+](=O)[O-])cc12. The highest BCUT2D eigenvalue weighted by Crippen LogP contribution is 2.33. The first-order valence-electron chi connectivity index (χ1n) is 7.28. The number of amides is 1. The summed E-state index contributed by atoms with van der Waals surface area (Å²) in [4.78, 5) is 24.8. The highest BCUT2D eigenvalue weighted by Gasteiger charge is 2.19.